The van der Waals surface area contributed by atoms with Crippen LogP contribution in [0.2, 0.25) is 0 Å². The molecule has 0 amide bonds. The van der Waals surface area contributed by atoms with Crippen LogP contribution in [0.1, 0.15) is 18.3 Å². The molecule has 3 rings (SSSR count). The quantitative estimate of drug-likeness (QED) is 0.518. The molecule has 3 aromatic rings. The van der Waals surface area contributed by atoms with Crippen molar-refractivity contribution in [2.45, 2.75) is 13.5 Å². The molecular weight excluding hydrogens is 336 g/mol. The van der Waals surface area contributed by atoms with Gasteiger partial charge in [-0.3, -0.25) is 0 Å². The summed E-state index contributed by atoms with van der Waals surface area (Å²) in [4.78, 5) is 0. The molecule has 128 valence electrons. The van der Waals surface area contributed by atoms with Gasteiger partial charge in [-0.1, -0.05) is 18.2 Å². The van der Waals surface area contributed by atoms with Crippen molar-refractivity contribution in [3.8, 4) is 11.5 Å². The van der Waals surface area contributed by atoms with Gasteiger partial charge < -0.3 is 9.47 Å². The average molecular weight is 354 g/mol. The van der Waals surface area contributed by atoms with Crippen molar-refractivity contribution in [3.05, 3.63) is 70.8 Å². The number of H-pyrrole nitrogens is 1. The predicted octanol–water partition coefficient (Wildman–Crippen LogP) is 3.80. The van der Waals surface area contributed by atoms with Crippen LogP contribution in [0.5, 0.6) is 11.5 Å². The number of nitrogens with zero attached hydrogens (tertiary/aromatic N) is 3. The summed E-state index contributed by atoms with van der Waals surface area (Å²) < 4.78 is 13.1. The minimum absolute atomic E-state index is 0.262. The summed E-state index contributed by atoms with van der Waals surface area (Å²) in [6, 6.07) is 17.2. The fourth-order valence-corrected chi connectivity index (χ4v) is 2.34. The van der Waals surface area contributed by atoms with Gasteiger partial charge in [0.1, 0.15) is 18.1 Å². The maximum Gasteiger partial charge on any atom is 0.216 e. The van der Waals surface area contributed by atoms with Crippen LogP contribution in [0.15, 0.2) is 59.7 Å². The highest BCUT2D eigenvalue weighted by atomic mass is 32.1. The lowest BCUT2D eigenvalue weighted by atomic mass is 10.2. The van der Waals surface area contributed by atoms with E-state index in [1.807, 2.05) is 61.5 Å². The van der Waals surface area contributed by atoms with Gasteiger partial charge in [-0.2, -0.15) is 14.9 Å². The molecule has 0 bridgehead atoms. The summed E-state index contributed by atoms with van der Waals surface area (Å²) in [5.74, 6) is 2.19. The zero-order chi connectivity index (χ0) is 17.5. The molecule has 0 aliphatic rings. The topological polar surface area (TPSA) is 64.4 Å². The lowest BCUT2D eigenvalue weighted by Gasteiger charge is -2.05. The second kappa shape index (κ2) is 8.25. The Bertz CT molecular complexity index is 885. The van der Waals surface area contributed by atoms with Crippen LogP contribution in [0.4, 0.5) is 0 Å². The summed E-state index contributed by atoms with van der Waals surface area (Å²) in [6.07, 6.45) is 1.72. The molecular formula is C18H18N4O2S. The van der Waals surface area contributed by atoms with Gasteiger partial charge in [0.25, 0.3) is 0 Å². The second-order valence-electron chi connectivity index (χ2n) is 5.11. The first-order valence-electron chi connectivity index (χ1n) is 7.87. The van der Waals surface area contributed by atoms with Crippen LogP contribution in [-0.2, 0) is 6.61 Å². The Labute approximate surface area is 150 Å². The molecule has 0 aliphatic heterocycles. The van der Waals surface area contributed by atoms with Crippen molar-refractivity contribution in [3.63, 3.8) is 0 Å². The third-order valence-electron chi connectivity index (χ3n) is 3.34. The first-order valence-corrected chi connectivity index (χ1v) is 8.28. The second-order valence-corrected chi connectivity index (χ2v) is 5.49. The number of hydrogen-bond acceptors (Lipinski definition) is 5. The zero-order valence-corrected chi connectivity index (χ0v) is 14.6. The first kappa shape index (κ1) is 16.9. The average Bonchev–Trinajstić information content (AvgIpc) is 3.00. The number of rotatable bonds is 7. The van der Waals surface area contributed by atoms with Crippen LogP contribution < -0.4 is 9.47 Å². The highest BCUT2D eigenvalue weighted by Crippen LogP contribution is 2.12. The van der Waals surface area contributed by atoms with E-state index in [0.29, 0.717) is 17.2 Å². The van der Waals surface area contributed by atoms with E-state index in [2.05, 4.69) is 15.3 Å². The normalized spacial score (nSPS) is 10.9. The molecule has 6 nitrogen and oxygen atoms in total. The van der Waals surface area contributed by atoms with Crippen LogP contribution in [-0.4, -0.2) is 27.7 Å². The molecule has 0 saturated heterocycles. The minimum atomic E-state index is 0.262. The van der Waals surface area contributed by atoms with Crippen LogP contribution in [0.25, 0.3) is 0 Å². The third-order valence-corrected chi connectivity index (χ3v) is 3.61. The number of nitrogens with one attached hydrogen (secondary N) is 1. The summed E-state index contributed by atoms with van der Waals surface area (Å²) in [6.45, 7) is 2.86. The van der Waals surface area contributed by atoms with Gasteiger partial charge in [-0.15, -0.1) is 0 Å². The van der Waals surface area contributed by atoms with Crippen LogP contribution in [0.3, 0.4) is 0 Å². The molecule has 25 heavy (non-hydrogen) atoms. The summed E-state index contributed by atoms with van der Waals surface area (Å²) in [5, 5.41) is 11.3. The third kappa shape index (κ3) is 4.54. The van der Waals surface area contributed by atoms with E-state index in [1.165, 1.54) is 0 Å². The SMILES string of the molecule is CCOc1ccc(/C=N/n2c(COc3ccccc3)n[nH]c2=S)cc1. The van der Waals surface area contributed by atoms with Crippen LogP contribution in [0, 0.1) is 4.77 Å². The smallest absolute Gasteiger partial charge is 0.216 e. The Morgan fingerprint density at radius 3 is 2.52 bits per heavy atom. The molecule has 1 N–H and O–H groups in total. The molecule has 2 aromatic carbocycles. The van der Waals surface area contributed by atoms with Crippen LogP contribution >= 0.6 is 12.2 Å². The standard InChI is InChI=1S/C18H18N4O2S/c1-2-23-16-10-8-14(9-11-16)12-19-22-17(20-21-18(22)25)13-24-15-6-4-3-5-7-15/h3-12H,2,13H2,1H3,(H,21,25)/b19-12+. The van der Waals surface area contributed by atoms with Gasteiger partial charge >= 0.3 is 0 Å². The molecule has 7 heteroatoms. The predicted molar refractivity (Wildman–Crippen MR) is 98.8 cm³/mol. The van der Waals surface area contributed by atoms with E-state index >= 15 is 0 Å². The maximum atomic E-state index is 5.70. The number of para-hydroxylation sites is 1. The Morgan fingerprint density at radius 2 is 1.80 bits per heavy atom. The zero-order valence-electron chi connectivity index (χ0n) is 13.8. The summed E-state index contributed by atoms with van der Waals surface area (Å²) >= 11 is 5.23. The maximum absolute atomic E-state index is 5.70. The van der Waals surface area contributed by atoms with E-state index in [1.54, 1.807) is 10.9 Å². The fraction of sp³-hybridized carbons (Fsp3) is 0.167. The van der Waals surface area contributed by atoms with E-state index in [9.17, 15) is 0 Å². The van der Waals surface area contributed by atoms with Crippen molar-refractivity contribution in [2.24, 2.45) is 5.10 Å². The molecule has 0 atom stereocenters. The van der Waals surface area contributed by atoms with Crippen molar-refractivity contribution < 1.29 is 9.47 Å². The number of aromatic amines is 1. The van der Waals surface area contributed by atoms with E-state index < -0.39 is 0 Å². The number of ether oxygens (including phenoxy) is 2. The summed E-state index contributed by atoms with van der Waals surface area (Å²) in [5.41, 5.74) is 0.932. The lowest BCUT2D eigenvalue weighted by molar-refractivity contribution is 0.290. The van der Waals surface area contributed by atoms with Gasteiger partial charge in [-0.25, -0.2) is 5.10 Å². The molecule has 0 fully saturated rings. The Kier molecular flexibility index (Phi) is 5.58. The number of hydrogen-bond donors (Lipinski definition) is 1. The minimum Gasteiger partial charge on any atom is -0.494 e. The van der Waals surface area contributed by atoms with Gasteiger partial charge in [0.15, 0.2) is 5.82 Å². The highest BCUT2D eigenvalue weighted by molar-refractivity contribution is 7.71. The van der Waals surface area contributed by atoms with E-state index in [4.69, 9.17) is 21.7 Å². The Morgan fingerprint density at radius 1 is 1.08 bits per heavy atom. The van der Waals surface area contributed by atoms with E-state index in [-0.39, 0.29) is 6.61 Å². The molecule has 1 aromatic heterocycles. The van der Waals surface area contributed by atoms with Crippen molar-refractivity contribution in [1.82, 2.24) is 14.9 Å². The first-order chi connectivity index (χ1) is 12.3. The summed E-state index contributed by atoms with van der Waals surface area (Å²) in [7, 11) is 0. The van der Waals surface area contributed by atoms with Gasteiger partial charge in [0.2, 0.25) is 4.77 Å². The molecule has 0 aliphatic carbocycles. The molecule has 1 heterocycles. The van der Waals surface area contributed by atoms with E-state index in [0.717, 1.165) is 17.1 Å². The molecule has 0 radical (unpaired) electrons. The Hall–Kier alpha value is -2.93. The number of benzene rings is 2. The number of aromatic nitrogens is 3. The lowest BCUT2D eigenvalue weighted by Crippen LogP contribution is -2.04. The fourth-order valence-electron chi connectivity index (χ4n) is 2.14. The molecule has 0 spiro atoms. The highest BCUT2D eigenvalue weighted by Gasteiger charge is 2.06. The molecule has 0 saturated carbocycles. The largest absolute Gasteiger partial charge is 0.494 e. The molecule has 0 unspecified atom stereocenters. The van der Waals surface area contributed by atoms with Gasteiger partial charge in [0.05, 0.1) is 12.8 Å². The monoisotopic (exact) mass is 354 g/mol. The van der Waals surface area contributed by atoms with Crippen molar-refractivity contribution in [2.75, 3.05) is 6.61 Å². The van der Waals surface area contributed by atoms with Crippen molar-refractivity contribution >= 4 is 18.4 Å². The van der Waals surface area contributed by atoms with Crippen molar-refractivity contribution in [1.29, 1.82) is 0 Å². The van der Waals surface area contributed by atoms with Gasteiger partial charge in [-0.05, 0) is 61.1 Å². The Balaban J connectivity index is 1.71. The van der Waals surface area contributed by atoms with Gasteiger partial charge in [0, 0.05) is 0 Å².